The Kier molecular flexibility index (Phi) is 60.3. The van der Waals surface area contributed by atoms with Crippen molar-refractivity contribution in [1.82, 2.24) is 5.32 Å². The van der Waals surface area contributed by atoms with E-state index in [2.05, 4.69) is 116 Å². The summed E-state index contributed by atoms with van der Waals surface area (Å²) >= 11 is 0. The second-order valence-electron chi connectivity index (χ2n) is 29.6. The SMILES string of the molecule is CC/C=C\C/C=C\C/C=C\C/C=C\C/C=C\C/C=C\C/C=C\CCCCCCCCCCCCCCCCCC(=O)NC(COC1OC(CO)C(OC2OC(CO)C(OC3OC(CO)C(O)C(O)C3O)C(O)C2O)C(O)C1O)C(O)/C=C/CC/C=C/CCCCCCCCCCCCCCCCCCCC. The normalized spacial score (nSPS) is 26.2. The minimum atomic E-state index is -1.99. The molecule has 0 saturated carbocycles. The molecule has 19 heteroatoms. The lowest BCUT2D eigenvalue weighted by Crippen LogP contribution is -2.66. The lowest BCUT2D eigenvalue weighted by Gasteiger charge is -2.48. The first-order valence-electron chi connectivity index (χ1n) is 42.1. The van der Waals surface area contributed by atoms with Crippen molar-refractivity contribution in [1.29, 1.82) is 0 Å². The molecule has 0 aromatic rings. The van der Waals surface area contributed by atoms with Crippen LogP contribution in [-0.4, -0.2) is 193 Å². The van der Waals surface area contributed by atoms with Crippen LogP contribution in [0.15, 0.2) is 109 Å². The van der Waals surface area contributed by atoms with Crippen LogP contribution in [0, 0.1) is 0 Å². The second-order valence-corrected chi connectivity index (χ2v) is 29.6. The van der Waals surface area contributed by atoms with Gasteiger partial charge in [-0.3, -0.25) is 4.79 Å². The maximum atomic E-state index is 13.5. The van der Waals surface area contributed by atoms with Crippen LogP contribution in [0.1, 0.15) is 303 Å². The van der Waals surface area contributed by atoms with Gasteiger partial charge in [-0.2, -0.15) is 0 Å². The molecule has 3 fully saturated rings. The van der Waals surface area contributed by atoms with Gasteiger partial charge in [0.15, 0.2) is 18.9 Å². The summed E-state index contributed by atoms with van der Waals surface area (Å²) in [5.74, 6) is -0.286. The van der Waals surface area contributed by atoms with Crippen LogP contribution in [0.5, 0.6) is 0 Å². The number of ether oxygens (including phenoxy) is 6. The zero-order chi connectivity index (χ0) is 76.7. The monoisotopic (exact) mass is 1500 g/mol. The molecule has 3 aliphatic heterocycles. The van der Waals surface area contributed by atoms with E-state index in [0.29, 0.717) is 12.8 Å². The highest BCUT2D eigenvalue weighted by atomic mass is 16.8. The van der Waals surface area contributed by atoms with E-state index in [-0.39, 0.29) is 18.9 Å². The predicted octanol–water partition coefficient (Wildman–Crippen LogP) is 14.9. The average molecular weight is 1500 g/mol. The summed E-state index contributed by atoms with van der Waals surface area (Å²) in [6.07, 6.45) is 65.1. The van der Waals surface area contributed by atoms with E-state index in [1.54, 1.807) is 6.08 Å². The number of rotatable bonds is 66. The molecular weight excluding hydrogens is 1350 g/mol. The number of aliphatic hydroxyl groups is 11. The van der Waals surface area contributed by atoms with Crippen molar-refractivity contribution in [3.8, 4) is 0 Å². The predicted molar refractivity (Wildman–Crippen MR) is 424 cm³/mol. The quantitative estimate of drug-likeness (QED) is 0.0199. The number of allylic oxidation sites excluding steroid dienone is 17. The van der Waals surface area contributed by atoms with Crippen LogP contribution in [0.2, 0.25) is 0 Å². The molecule has 17 unspecified atom stereocenters. The maximum absolute atomic E-state index is 13.5. The summed E-state index contributed by atoms with van der Waals surface area (Å²) in [4.78, 5) is 13.5. The molecule has 17 atom stereocenters. The Labute approximate surface area is 640 Å². The molecule has 3 heterocycles. The molecule has 3 aliphatic rings. The molecule has 106 heavy (non-hydrogen) atoms. The van der Waals surface area contributed by atoms with Crippen molar-refractivity contribution in [3.63, 3.8) is 0 Å². The first-order valence-corrected chi connectivity index (χ1v) is 42.1. The highest BCUT2D eigenvalue weighted by molar-refractivity contribution is 5.76. The van der Waals surface area contributed by atoms with Gasteiger partial charge in [0, 0.05) is 6.42 Å². The number of unbranched alkanes of at least 4 members (excludes halogenated alkanes) is 34. The number of nitrogens with one attached hydrogen (secondary N) is 1. The molecular formula is C87H151NO18. The van der Waals surface area contributed by atoms with Gasteiger partial charge in [-0.1, -0.05) is 316 Å². The summed E-state index contributed by atoms with van der Waals surface area (Å²) in [5, 5.41) is 121. The third kappa shape index (κ3) is 45.1. The van der Waals surface area contributed by atoms with E-state index in [4.69, 9.17) is 28.4 Å². The summed E-state index contributed by atoms with van der Waals surface area (Å²) < 4.78 is 34.5. The number of aliphatic hydroxyl groups excluding tert-OH is 11. The van der Waals surface area contributed by atoms with E-state index in [0.717, 1.165) is 89.9 Å². The van der Waals surface area contributed by atoms with Gasteiger partial charge in [0.1, 0.15) is 73.2 Å². The second kappa shape index (κ2) is 66.1. The lowest BCUT2D eigenvalue weighted by atomic mass is 9.96. The molecule has 0 aromatic heterocycles. The van der Waals surface area contributed by atoms with Gasteiger partial charge in [0.25, 0.3) is 0 Å². The summed E-state index contributed by atoms with van der Waals surface area (Å²) in [7, 11) is 0. The van der Waals surface area contributed by atoms with Gasteiger partial charge in [0.2, 0.25) is 5.91 Å². The van der Waals surface area contributed by atoms with Crippen molar-refractivity contribution in [2.24, 2.45) is 0 Å². The molecule has 0 radical (unpaired) electrons. The number of hydrogen-bond donors (Lipinski definition) is 12. The van der Waals surface area contributed by atoms with E-state index in [9.17, 15) is 61.0 Å². The van der Waals surface area contributed by atoms with Gasteiger partial charge < -0.3 is 89.9 Å². The molecule has 3 saturated heterocycles. The van der Waals surface area contributed by atoms with Gasteiger partial charge in [-0.25, -0.2) is 0 Å². The molecule has 1 amide bonds. The molecule has 12 N–H and O–H groups in total. The smallest absolute Gasteiger partial charge is 0.220 e. The highest BCUT2D eigenvalue weighted by Gasteiger charge is 2.54. The van der Waals surface area contributed by atoms with Gasteiger partial charge in [-0.15, -0.1) is 0 Å². The minimum absolute atomic E-state index is 0.231. The summed E-state index contributed by atoms with van der Waals surface area (Å²) in [6, 6.07) is -0.997. The average Bonchev–Trinajstić information content (AvgIpc) is 0.780. The molecule has 0 aliphatic carbocycles. The molecule has 0 aromatic carbocycles. The molecule has 19 nitrogen and oxygen atoms in total. The first-order chi connectivity index (χ1) is 51.8. The fourth-order valence-corrected chi connectivity index (χ4v) is 13.6. The Bertz CT molecular complexity index is 2340. The fourth-order valence-electron chi connectivity index (χ4n) is 13.6. The first kappa shape index (κ1) is 96.6. The Balaban J connectivity index is 1.35. The topological polar surface area (TPSA) is 307 Å². The molecule has 612 valence electrons. The van der Waals surface area contributed by atoms with Crippen LogP contribution in [0.4, 0.5) is 0 Å². The minimum Gasteiger partial charge on any atom is -0.394 e. The number of carbonyl (C=O) groups excluding carboxylic acids is 1. The van der Waals surface area contributed by atoms with Crippen LogP contribution in [-0.2, 0) is 33.2 Å². The Morgan fingerprint density at radius 3 is 1.06 bits per heavy atom. The molecule has 3 rings (SSSR count). The van der Waals surface area contributed by atoms with Crippen LogP contribution in [0.3, 0.4) is 0 Å². The summed E-state index contributed by atoms with van der Waals surface area (Å²) in [6.45, 7) is 1.63. The van der Waals surface area contributed by atoms with Gasteiger partial charge >= 0.3 is 0 Å². The van der Waals surface area contributed by atoms with Gasteiger partial charge in [0.05, 0.1) is 38.6 Å². The fraction of sp³-hybridized carbons (Fsp3) is 0.782. The van der Waals surface area contributed by atoms with Crippen LogP contribution >= 0.6 is 0 Å². The van der Waals surface area contributed by atoms with Gasteiger partial charge in [-0.05, 0) is 89.9 Å². The standard InChI is InChI=1S/C87H151NO18/c1-3-5-7-9-11-13-15-17-19-21-23-25-27-29-30-31-32-33-34-35-36-37-38-39-40-41-43-45-47-49-51-53-55-57-59-61-63-65-75(93)88-70(71(92)64-62-60-58-56-54-52-50-48-46-44-42-28-26-24-22-20-18-16-14-12-10-8-6-4-2)69-101-85-81(99)78(96)83(73(67-90)103-85)106-87-82(100)79(97)84(74(68-91)104-87)105-86-80(98)77(95)76(94)72(66-89)102-86/h5,7,11,13,17,19,23,25,29-30,32-33,35-36,54,56,62,64,70-74,76-87,89-92,94-100H,3-4,6,8-10,12,14-16,18,20-22,24,26-28,31,34,37-53,55,57-61,63,65-69H2,1-2H3,(H,88,93)/b7-5-,13-11-,19-17-,25-23-,30-29-,33-32-,36-35-,56-54+,64-62+. The Hall–Kier alpha value is -3.55. The number of amides is 1. The van der Waals surface area contributed by atoms with E-state index < -0.39 is 124 Å². The zero-order valence-electron chi connectivity index (χ0n) is 65.6. The molecule has 0 bridgehead atoms. The van der Waals surface area contributed by atoms with Crippen molar-refractivity contribution in [2.75, 3.05) is 26.4 Å². The van der Waals surface area contributed by atoms with E-state index in [1.807, 2.05) is 6.08 Å². The number of carbonyl (C=O) groups is 1. The zero-order valence-corrected chi connectivity index (χ0v) is 65.6. The lowest BCUT2D eigenvalue weighted by molar-refractivity contribution is -0.379. The van der Waals surface area contributed by atoms with Crippen molar-refractivity contribution >= 4 is 5.91 Å². The van der Waals surface area contributed by atoms with E-state index >= 15 is 0 Å². The van der Waals surface area contributed by atoms with Crippen LogP contribution in [0.25, 0.3) is 0 Å². The van der Waals surface area contributed by atoms with Crippen LogP contribution < -0.4 is 5.32 Å². The van der Waals surface area contributed by atoms with Crippen molar-refractivity contribution < 1.29 is 89.4 Å². The Morgan fingerprint density at radius 2 is 0.660 bits per heavy atom. The van der Waals surface area contributed by atoms with E-state index in [1.165, 1.54) is 180 Å². The Morgan fingerprint density at radius 1 is 0.349 bits per heavy atom. The van der Waals surface area contributed by atoms with Crippen molar-refractivity contribution in [2.45, 2.75) is 407 Å². The van der Waals surface area contributed by atoms with Crippen molar-refractivity contribution in [3.05, 3.63) is 109 Å². The largest absolute Gasteiger partial charge is 0.394 e. The third-order valence-electron chi connectivity index (χ3n) is 20.3. The maximum Gasteiger partial charge on any atom is 0.220 e. The summed E-state index contributed by atoms with van der Waals surface area (Å²) in [5.41, 5.74) is 0. The highest BCUT2D eigenvalue weighted by Crippen LogP contribution is 2.33. The number of hydrogen-bond acceptors (Lipinski definition) is 18. The molecule has 0 spiro atoms. The third-order valence-corrected chi connectivity index (χ3v) is 20.3.